The van der Waals surface area contributed by atoms with Crippen LogP contribution in [0.3, 0.4) is 0 Å². The van der Waals surface area contributed by atoms with Crippen molar-refractivity contribution in [2.24, 2.45) is 0 Å². The van der Waals surface area contributed by atoms with Gasteiger partial charge in [-0.3, -0.25) is 13.9 Å². The second-order valence-electron chi connectivity index (χ2n) is 11.4. The summed E-state index contributed by atoms with van der Waals surface area (Å²) in [5.41, 5.74) is 2.76. The molecule has 1 unspecified atom stereocenters. The summed E-state index contributed by atoms with van der Waals surface area (Å²) in [6.07, 6.45) is 5.12. The van der Waals surface area contributed by atoms with Crippen molar-refractivity contribution in [1.82, 2.24) is 10.2 Å². The molecule has 0 spiro atoms. The highest BCUT2D eigenvalue weighted by molar-refractivity contribution is 7.92. The predicted octanol–water partition coefficient (Wildman–Crippen LogP) is 6.58. The van der Waals surface area contributed by atoms with Gasteiger partial charge in [0, 0.05) is 34.6 Å². The molecule has 0 saturated heterocycles. The van der Waals surface area contributed by atoms with Crippen molar-refractivity contribution in [3.8, 4) is 0 Å². The Hall–Kier alpha value is -3.07. The molecule has 0 heterocycles. The maximum Gasteiger partial charge on any atom is 0.244 e. The Morgan fingerprint density at radius 2 is 1.51 bits per heavy atom. The van der Waals surface area contributed by atoms with Gasteiger partial charge in [-0.15, -0.1) is 0 Å². The fourth-order valence-corrected chi connectivity index (χ4v) is 6.78. The summed E-state index contributed by atoms with van der Waals surface area (Å²) in [6.45, 7) is 3.53. The minimum absolute atomic E-state index is 0.0265. The van der Waals surface area contributed by atoms with E-state index in [2.05, 4.69) is 5.32 Å². The summed E-state index contributed by atoms with van der Waals surface area (Å²) in [4.78, 5) is 29.7. The van der Waals surface area contributed by atoms with E-state index < -0.39 is 28.5 Å². The van der Waals surface area contributed by atoms with E-state index in [1.807, 2.05) is 56.3 Å². The van der Waals surface area contributed by atoms with E-state index in [1.165, 1.54) is 4.90 Å². The lowest BCUT2D eigenvalue weighted by Gasteiger charge is -2.34. The highest BCUT2D eigenvalue weighted by Gasteiger charge is 2.35. The average Bonchev–Trinajstić information content (AvgIpc) is 3.48. The fourth-order valence-electron chi connectivity index (χ4n) is 5.41. The van der Waals surface area contributed by atoms with Gasteiger partial charge < -0.3 is 10.2 Å². The first kappa shape index (κ1) is 32.8. The molecule has 3 aromatic carbocycles. The van der Waals surface area contributed by atoms with Crippen LogP contribution in [0.4, 0.5) is 5.69 Å². The van der Waals surface area contributed by atoms with Crippen LogP contribution in [0.25, 0.3) is 0 Å². The lowest BCUT2D eigenvalue weighted by Crippen LogP contribution is -2.54. The Morgan fingerprint density at radius 3 is 2.07 bits per heavy atom. The van der Waals surface area contributed by atoms with E-state index in [1.54, 1.807) is 30.3 Å². The largest absolute Gasteiger partial charge is 0.352 e. The molecule has 0 bridgehead atoms. The van der Waals surface area contributed by atoms with E-state index >= 15 is 0 Å². The van der Waals surface area contributed by atoms with Gasteiger partial charge in [-0.1, -0.05) is 98.4 Å². The van der Waals surface area contributed by atoms with Crippen molar-refractivity contribution >= 4 is 50.7 Å². The zero-order chi connectivity index (χ0) is 31.1. The number of nitrogens with one attached hydrogen (secondary N) is 1. The van der Waals surface area contributed by atoms with E-state index in [0.29, 0.717) is 21.3 Å². The molecular formula is C33H39Cl2N3O4S. The second-order valence-corrected chi connectivity index (χ2v) is 14.2. The molecule has 1 fully saturated rings. The first-order chi connectivity index (χ1) is 20.4. The fraction of sp³-hybridized carbons (Fsp3) is 0.394. The quantitative estimate of drug-likeness (QED) is 0.241. The van der Waals surface area contributed by atoms with Gasteiger partial charge in [-0.25, -0.2) is 8.42 Å². The van der Waals surface area contributed by atoms with E-state index in [0.717, 1.165) is 47.4 Å². The van der Waals surface area contributed by atoms with Crippen molar-refractivity contribution in [3.63, 3.8) is 0 Å². The molecule has 1 aliphatic carbocycles. The smallest absolute Gasteiger partial charge is 0.244 e. The molecule has 0 aliphatic heterocycles. The number of nitrogens with zero attached hydrogens (tertiary/aromatic N) is 2. The number of anilines is 1. The Kier molecular flexibility index (Phi) is 11.2. The van der Waals surface area contributed by atoms with Crippen LogP contribution in [-0.2, 0) is 32.6 Å². The SMILES string of the molecule is CC(C)c1ccc(N(CC(=O)N(Cc2c(Cl)cccc2Cl)C(Cc2ccccc2)C(=O)NC2CCCC2)S(C)(=O)=O)cc1. The molecule has 7 nitrogen and oxygen atoms in total. The van der Waals surface area contributed by atoms with Crippen molar-refractivity contribution in [1.29, 1.82) is 0 Å². The van der Waals surface area contributed by atoms with Gasteiger partial charge in [-0.2, -0.15) is 0 Å². The highest BCUT2D eigenvalue weighted by Crippen LogP contribution is 2.29. The summed E-state index contributed by atoms with van der Waals surface area (Å²) < 4.78 is 27.1. The van der Waals surface area contributed by atoms with Crippen LogP contribution in [0.5, 0.6) is 0 Å². The van der Waals surface area contributed by atoms with Gasteiger partial charge >= 0.3 is 0 Å². The Morgan fingerprint density at radius 1 is 0.907 bits per heavy atom. The Labute approximate surface area is 265 Å². The zero-order valence-electron chi connectivity index (χ0n) is 24.8. The zero-order valence-corrected chi connectivity index (χ0v) is 27.1. The van der Waals surface area contributed by atoms with Gasteiger partial charge in [0.25, 0.3) is 0 Å². The molecule has 3 aromatic rings. The Bertz CT molecular complexity index is 1490. The average molecular weight is 645 g/mol. The number of amides is 2. The second kappa shape index (κ2) is 14.6. The number of carbonyl (C=O) groups is 2. The van der Waals surface area contributed by atoms with Crippen molar-refractivity contribution < 1.29 is 18.0 Å². The molecule has 1 saturated carbocycles. The molecule has 0 aromatic heterocycles. The van der Waals surface area contributed by atoms with Gasteiger partial charge in [-0.05, 0) is 54.2 Å². The maximum absolute atomic E-state index is 14.3. The number of halogens is 2. The first-order valence-electron chi connectivity index (χ1n) is 14.6. The molecule has 2 amide bonds. The third kappa shape index (κ3) is 8.74. The third-order valence-corrected chi connectivity index (χ3v) is 9.74. The Balaban J connectivity index is 1.75. The number of hydrogen-bond acceptors (Lipinski definition) is 4. The number of rotatable bonds is 12. The minimum atomic E-state index is -3.86. The molecule has 0 radical (unpaired) electrons. The molecular weight excluding hydrogens is 605 g/mol. The van der Waals surface area contributed by atoms with Crippen LogP contribution in [0.1, 0.15) is 62.1 Å². The van der Waals surface area contributed by atoms with Crippen LogP contribution in [0.15, 0.2) is 72.8 Å². The van der Waals surface area contributed by atoms with Crippen molar-refractivity contribution in [2.75, 3.05) is 17.1 Å². The molecule has 230 valence electrons. The third-order valence-electron chi connectivity index (χ3n) is 7.89. The summed E-state index contributed by atoms with van der Waals surface area (Å²) in [5, 5.41) is 3.85. The minimum Gasteiger partial charge on any atom is -0.352 e. The van der Waals surface area contributed by atoms with Crippen LogP contribution in [-0.4, -0.2) is 50.0 Å². The highest BCUT2D eigenvalue weighted by atomic mass is 35.5. The lowest BCUT2D eigenvalue weighted by molar-refractivity contribution is -0.140. The van der Waals surface area contributed by atoms with E-state index in [9.17, 15) is 18.0 Å². The number of carbonyl (C=O) groups excluding carboxylic acids is 2. The van der Waals surface area contributed by atoms with Gasteiger partial charge in [0.2, 0.25) is 21.8 Å². The lowest BCUT2D eigenvalue weighted by atomic mass is 10.0. The van der Waals surface area contributed by atoms with Crippen LogP contribution in [0.2, 0.25) is 10.0 Å². The molecule has 1 atom stereocenters. The number of sulfonamides is 1. The van der Waals surface area contributed by atoms with Crippen molar-refractivity contribution in [2.45, 2.75) is 70.5 Å². The molecule has 4 rings (SSSR count). The maximum atomic E-state index is 14.3. The summed E-state index contributed by atoms with van der Waals surface area (Å²) in [6, 6.07) is 20.7. The van der Waals surface area contributed by atoms with Gasteiger partial charge in [0.05, 0.1) is 11.9 Å². The molecule has 10 heteroatoms. The first-order valence-corrected chi connectivity index (χ1v) is 17.2. The standard InChI is InChI=1S/C33H39Cl2N3O4S/c1-23(2)25-16-18-27(19-17-25)38(43(3,41)42)22-32(39)37(21-28-29(34)14-9-15-30(28)35)31(20-24-10-5-4-6-11-24)33(40)36-26-12-7-8-13-26/h4-6,9-11,14-19,23,26,31H,7-8,12-13,20-22H2,1-3H3,(H,36,40). The summed E-state index contributed by atoms with van der Waals surface area (Å²) in [7, 11) is -3.86. The normalized spacial score (nSPS) is 14.5. The summed E-state index contributed by atoms with van der Waals surface area (Å²) >= 11 is 13.1. The topological polar surface area (TPSA) is 86.8 Å². The van der Waals surface area contributed by atoms with Crippen LogP contribution in [0, 0.1) is 0 Å². The molecule has 1 N–H and O–H groups in total. The van der Waals surface area contributed by atoms with Crippen LogP contribution >= 0.6 is 23.2 Å². The molecule has 43 heavy (non-hydrogen) atoms. The van der Waals surface area contributed by atoms with E-state index in [-0.39, 0.29) is 30.8 Å². The summed E-state index contributed by atoms with van der Waals surface area (Å²) in [5.74, 6) is -0.577. The monoisotopic (exact) mass is 643 g/mol. The van der Waals surface area contributed by atoms with E-state index in [4.69, 9.17) is 23.2 Å². The number of hydrogen-bond donors (Lipinski definition) is 1. The van der Waals surface area contributed by atoms with Crippen LogP contribution < -0.4 is 9.62 Å². The molecule has 1 aliphatic rings. The van der Waals surface area contributed by atoms with Gasteiger partial charge in [0.1, 0.15) is 12.6 Å². The van der Waals surface area contributed by atoms with Gasteiger partial charge in [0.15, 0.2) is 0 Å². The van der Waals surface area contributed by atoms with Crippen molar-refractivity contribution in [3.05, 3.63) is 99.5 Å². The predicted molar refractivity (Wildman–Crippen MR) is 174 cm³/mol. The number of benzene rings is 3.